The van der Waals surface area contributed by atoms with Gasteiger partial charge in [0.15, 0.2) is 5.96 Å². The first-order chi connectivity index (χ1) is 13.3. The van der Waals surface area contributed by atoms with Crippen LogP contribution in [0.3, 0.4) is 0 Å². The van der Waals surface area contributed by atoms with Crippen LogP contribution in [0.5, 0.6) is 5.88 Å². The number of guanidine groups is 1. The average Bonchev–Trinajstić information content (AvgIpc) is 3.23. The van der Waals surface area contributed by atoms with Gasteiger partial charge in [0.2, 0.25) is 5.88 Å². The summed E-state index contributed by atoms with van der Waals surface area (Å²) in [4.78, 5) is 9.02. The van der Waals surface area contributed by atoms with Crippen LogP contribution in [0.25, 0.3) is 0 Å². The number of thiophene rings is 1. The van der Waals surface area contributed by atoms with Crippen LogP contribution in [0.4, 0.5) is 0 Å². The van der Waals surface area contributed by atoms with Gasteiger partial charge < -0.3 is 15.4 Å². The van der Waals surface area contributed by atoms with Gasteiger partial charge in [-0.3, -0.25) is 0 Å². The lowest BCUT2D eigenvalue weighted by Crippen LogP contribution is -2.36. The number of benzene rings is 1. The Bertz CT molecular complexity index is 841. The Hall–Kier alpha value is -2.13. The molecular weight excluding hydrogens is 483 g/mol. The van der Waals surface area contributed by atoms with E-state index in [4.69, 9.17) is 4.74 Å². The second-order valence-electron chi connectivity index (χ2n) is 5.92. The first-order valence-electron chi connectivity index (χ1n) is 8.99. The van der Waals surface area contributed by atoms with Crippen LogP contribution in [0, 0.1) is 0 Å². The summed E-state index contributed by atoms with van der Waals surface area (Å²) in [6.45, 7) is 4.61. The van der Waals surface area contributed by atoms with E-state index in [-0.39, 0.29) is 24.0 Å². The molecule has 0 radical (unpaired) electrons. The molecular formula is C21H25IN4OS. The van der Waals surface area contributed by atoms with Gasteiger partial charge in [-0.1, -0.05) is 36.4 Å². The molecule has 7 heteroatoms. The Morgan fingerprint density at radius 2 is 1.93 bits per heavy atom. The van der Waals surface area contributed by atoms with E-state index in [2.05, 4.69) is 44.4 Å². The van der Waals surface area contributed by atoms with E-state index in [0.717, 1.165) is 23.6 Å². The third-order valence-corrected chi connectivity index (χ3v) is 4.59. The molecule has 0 amide bonds. The van der Waals surface area contributed by atoms with Crippen molar-refractivity contribution in [2.75, 3.05) is 6.54 Å². The molecule has 5 nitrogen and oxygen atoms in total. The van der Waals surface area contributed by atoms with E-state index in [1.807, 2.05) is 42.5 Å². The summed E-state index contributed by atoms with van der Waals surface area (Å²) in [5.41, 5.74) is 3.33. The molecule has 2 N–H and O–H groups in total. The third kappa shape index (κ3) is 7.12. The van der Waals surface area contributed by atoms with Gasteiger partial charge in [-0.15, -0.1) is 24.0 Å². The Kier molecular flexibility index (Phi) is 9.78. The van der Waals surface area contributed by atoms with Gasteiger partial charge in [0.05, 0.1) is 6.54 Å². The zero-order chi connectivity index (χ0) is 18.7. The lowest BCUT2D eigenvalue weighted by atomic mass is 10.2. The monoisotopic (exact) mass is 508 g/mol. The van der Waals surface area contributed by atoms with E-state index in [0.29, 0.717) is 25.6 Å². The van der Waals surface area contributed by atoms with Crippen molar-refractivity contribution in [1.82, 2.24) is 15.6 Å². The first kappa shape index (κ1) is 22.2. The number of halogens is 1. The Balaban J connectivity index is 0.00000280. The summed E-state index contributed by atoms with van der Waals surface area (Å²) in [5.74, 6) is 1.42. The van der Waals surface area contributed by atoms with E-state index in [1.165, 1.54) is 5.56 Å². The predicted molar refractivity (Wildman–Crippen MR) is 126 cm³/mol. The van der Waals surface area contributed by atoms with E-state index >= 15 is 0 Å². The predicted octanol–water partition coefficient (Wildman–Crippen LogP) is 4.60. The smallest absolute Gasteiger partial charge is 0.218 e. The standard InChI is InChI=1S/C21H24N4OS.HI/c1-2-22-21(24-13-18-10-12-27-16-18)25-14-19-9-6-11-23-20(19)26-15-17-7-4-3-5-8-17;/h3-12,16H,2,13-15H2,1H3,(H2,22,24,25);1H. The topological polar surface area (TPSA) is 58.5 Å². The zero-order valence-electron chi connectivity index (χ0n) is 15.8. The van der Waals surface area contributed by atoms with Gasteiger partial charge in [0.1, 0.15) is 6.61 Å². The van der Waals surface area contributed by atoms with Crippen LogP contribution in [0.2, 0.25) is 0 Å². The maximum absolute atomic E-state index is 5.92. The molecule has 1 aromatic carbocycles. The molecule has 0 unspecified atom stereocenters. The summed E-state index contributed by atoms with van der Waals surface area (Å²) < 4.78 is 5.92. The number of aromatic nitrogens is 1. The zero-order valence-corrected chi connectivity index (χ0v) is 18.9. The normalized spacial score (nSPS) is 10.8. The van der Waals surface area contributed by atoms with Gasteiger partial charge in [0, 0.05) is 24.8 Å². The van der Waals surface area contributed by atoms with Crippen molar-refractivity contribution in [3.63, 3.8) is 0 Å². The molecule has 0 aliphatic heterocycles. The molecule has 0 saturated heterocycles. The third-order valence-electron chi connectivity index (χ3n) is 3.86. The van der Waals surface area contributed by atoms with Crippen LogP contribution in [0.1, 0.15) is 23.6 Å². The molecule has 2 heterocycles. The highest BCUT2D eigenvalue weighted by molar-refractivity contribution is 14.0. The minimum atomic E-state index is 0. The van der Waals surface area contributed by atoms with Crippen molar-refractivity contribution >= 4 is 41.3 Å². The maximum atomic E-state index is 5.92. The van der Waals surface area contributed by atoms with Gasteiger partial charge in [0.25, 0.3) is 0 Å². The van der Waals surface area contributed by atoms with E-state index in [9.17, 15) is 0 Å². The largest absolute Gasteiger partial charge is 0.473 e. The minimum absolute atomic E-state index is 0. The highest BCUT2D eigenvalue weighted by atomic mass is 127. The van der Waals surface area contributed by atoms with Gasteiger partial charge in [-0.25, -0.2) is 9.98 Å². The van der Waals surface area contributed by atoms with Crippen LogP contribution in [-0.2, 0) is 19.7 Å². The summed E-state index contributed by atoms with van der Waals surface area (Å²) in [6.07, 6.45) is 1.75. The molecule has 148 valence electrons. The van der Waals surface area contributed by atoms with Crippen LogP contribution in [-0.4, -0.2) is 17.5 Å². The molecule has 28 heavy (non-hydrogen) atoms. The van der Waals surface area contributed by atoms with E-state index < -0.39 is 0 Å². The van der Waals surface area contributed by atoms with Crippen molar-refractivity contribution < 1.29 is 4.74 Å². The highest BCUT2D eigenvalue weighted by Gasteiger charge is 2.06. The number of pyridine rings is 1. The van der Waals surface area contributed by atoms with E-state index in [1.54, 1.807) is 17.5 Å². The molecule has 3 aromatic rings. The van der Waals surface area contributed by atoms with Crippen LogP contribution in [0.15, 0.2) is 70.5 Å². The van der Waals surface area contributed by atoms with Crippen molar-refractivity contribution in [2.24, 2.45) is 4.99 Å². The molecule has 0 spiro atoms. The quantitative estimate of drug-likeness (QED) is 0.266. The Morgan fingerprint density at radius 3 is 2.68 bits per heavy atom. The highest BCUT2D eigenvalue weighted by Crippen LogP contribution is 2.16. The Labute approximate surface area is 187 Å². The number of aliphatic imine (C=N–C) groups is 1. The van der Waals surface area contributed by atoms with Crippen LogP contribution >= 0.6 is 35.3 Å². The molecule has 0 fully saturated rings. The minimum Gasteiger partial charge on any atom is -0.473 e. The van der Waals surface area contributed by atoms with Gasteiger partial charge in [-0.05, 0) is 40.9 Å². The Morgan fingerprint density at radius 1 is 1.07 bits per heavy atom. The number of ether oxygens (including phenoxy) is 1. The fourth-order valence-electron chi connectivity index (χ4n) is 2.49. The molecule has 3 rings (SSSR count). The van der Waals surface area contributed by atoms with Crippen molar-refractivity contribution in [2.45, 2.75) is 26.6 Å². The van der Waals surface area contributed by atoms with Crippen molar-refractivity contribution in [1.29, 1.82) is 0 Å². The number of hydrogen-bond acceptors (Lipinski definition) is 4. The van der Waals surface area contributed by atoms with Crippen LogP contribution < -0.4 is 15.4 Å². The lowest BCUT2D eigenvalue weighted by molar-refractivity contribution is 0.290. The summed E-state index contributed by atoms with van der Waals surface area (Å²) in [7, 11) is 0. The van der Waals surface area contributed by atoms with Crippen molar-refractivity contribution in [3.05, 3.63) is 82.2 Å². The van der Waals surface area contributed by atoms with Gasteiger partial charge in [-0.2, -0.15) is 11.3 Å². The fourth-order valence-corrected chi connectivity index (χ4v) is 3.15. The molecule has 0 saturated carbocycles. The fraction of sp³-hybridized carbons (Fsp3) is 0.238. The second-order valence-corrected chi connectivity index (χ2v) is 6.70. The molecule has 0 atom stereocenters. The van der Waals surface area contributed by atoms with Gasteiger partial charge >= 0.3 is 0 Å². The SMILES string of the molecule is CCNC(=NCc1ccsc1)NCc1cccnc1OCc1ccccc1.I. The first-order valence-corrected chi connectivity index (χ1v) is 9.93. The number of rotatable bonds is 8. The number of hydrogen-bond donors (Lipinski definition) is 2. The number of nitrogens with one attached hydrogen (secondary N) is 2. The summed E-state index contributed by atoms with van der Waals surface area (Å²) in [6, 6.07) is 16.1. The molecule has 0 aliphatic rings. The average molecular weight is 508 g/mol. The maximum Gasteiger partial charge on any atom is 0.218 e. The molecule has 0 aliphatic carbocycles. The summed E-state index contributed by atoms with van der Waals surface area (Å²) in [5, 5.41) is 10.8. The summed E-state index contributed by atoms with van der Waals surface area (Å²) >= 11 is 1.69. The molecule has 0 bridgehead atoms. The second kappa shape index (κ2) is 12.4. The molecule has 2 aromatic heterocycles. The lowest BCUT2D eigenvalue weighted by Gasteiger charge is -2.14. The number of nitrogens with zero attached hydrogens (tertiary/aromatic N) is 2. The van der Waals surface area contributed by atoms with Crippen molar-refractivity contribution in [3.8, 4) is 5.88 Å².